The minimum Gasteiger partial charge on any atom is -0.422 e. The van der Waals surface area contributed by atoms with Gasteiger partial charge in [0.1, 0.15) is 10.6 Å². The number of nitrogens with two attached hydrogens (primary N) is 1. The molecule has 1 aromatic heterocycles. The van der Waals surface area contributed by atoms with E-state index in [1.807, 2.05) is 13.0 Å². The number of primary amides is 1. The van der Waals surface area contributed by atoms with E-state index in [2.05, 4.69) is 0 Å². The lowest BCUT2D eigenvalue weighted by Crippen LogP contribution is -2.12. The molecule has 5 heteroatoms. The average molecular weight is 261 g/mol. The molecule has 92 valence electrons. The number of thiophene rings is 1. The molecule has 2 N–H and O–H groups in total. The van der Waals surface area contributed by atoms with Crippen LogP contribution in [-0.4, -0.2) is 11.9 Å². The largest absolute Gasteiger partial charge is 0.422 e. The number of rotatable bonds is 3. The Morgan fingerprint density at radius 3 is 2.61 bits per heavy atom. The minimum atomic E-state index is -0.556. The van der Waals surface area contributed by atoms with Crippen LogP contribution in [0.5, 0.6) is 5.75 Å². The highest BCUT2D eigenvalue weighted by molar-refractivity contribution is 7.13. The van der Waals surface area contributed by atoms with Gasteiger partial charge >= 0.3 is 5.97 Å². The van der Waals surface area contributed by atoms with Crippen molar-refractivity contribution in [2.45, 2.75) is 6.92 Å². The van der Waals surface area contributed by atoms with Crippen molar-refractivity contribution >= 4 is 23.2 Å². The lowest BCUT2D eigenvalue weighted by Gasteiger charge is -2.03. The highest BCUT2D eigenvalue weighted by atomic mass is 32.1. The molecule has 0 aliphatic rings. The lowest BCUT2D eigenvalue weighted by molar-refractivity contribution is 0.0738. The summed E-state index contributed by atoms with van der Waals surface area (Å²) in [4.78, 5) is 24.3. The number of esters is 1. The van der Waals surface area contributed by atoms with Gasteiger partial charge in [-0.3, -0.25) is 4.79 Å². The fourth-order valence-corrected chi connectivity index (χ4v) is 2.16. The van der Waals surface area contributed by atoms with Crippen molar-refractivity contribution in [2.24, 2.45) is 5.73 Å². The quantitative estimate of drug-likeness (QED) is 0.681. The second kappa shape index (κ2) is 5.01. The summed E-state index contributed by atoms with van der Waals surface area (Å²) < 4.78 is 5.17. The number of carbonyl (C=O) groups is 2. The van der Waals surface area contributed by atoms with Crippen LogP contribution in [0.15, 0.2) is 36.4 Å². The molecule has 0 spiro atoms. The zero-order chi connectivity index (χ0) is 13.1. The Morgan fingerprint density at radius 2 is 2.00 bits per heavy atom. The van der Waals surface area contributed by atoms with Gasteiger partial charge in [-0.2, -0.15) is 0 Å². The first-order chi connectivity index (χ1) is 8.56. The van der Waals surface area contributed by atoms with Gasteiger partial charge in [0, 0.05) is 10.4 Å². The van der Waals surface area contributed by atoms with Crippen molar-refractivity contribution in [2.75, 3.05) is 0 Å². The Hall–Kier alpha value is -2.14. The maximum absolute atomic E-state index is 11.8. The lowest BCUT2D eigenvalue weighted by atomic mass is 10.2. The molecule has 18 heavy (non-hydrogen) atoms. The molecule has 4 nitrogen and oxygen atoms in total. The van der Waals surface area contributed by atoms with Crippen molar-refractivity contribution in [1.29, 1.82) is 0 Å². The van der Waals surface area contributed by atoms with Crippen LogP contribution < -0.4 is 10.5 Å². The Balaban J connectivity index is 2.16. The van der Waals surface area contributed by atoms with Crippen LogP contribution in [0.3, 0.4) is 0 Å². The minimum absolute atomic E-state index is 0.308. The van der Waals surface area contributed by atoms with Crippen LogP contribution in [0.25, 0.3) is 0 Å². The first-order valence-electron chi connectivity index (χ1n) is 5.25. The predicted octanol–water partition coefficient (Wildman–Crippen LogP) is 2.37. The topological polar surface area (TPSA) is 69.4 Å². The molecule has 1 heterocycles. The van der Waals surface area contributed by atoms with Gasteiger partial charge in [-0.25, -0.2) is 4.79 Å². The van der Waals surface area contributed by atoms with Gasteiger partial charge < -0.3 is 10.5 Å². The summed E-state index contributed by atoms with van der Waals surface area (Å²) in [6.45, 7) is 1.91. The Kier molecular flexibility index (Phi) is 3.43. The number of ether oxygens (including phenoxy) is 1. The van der Waals surface area contributed by atoms with E-state index in [1.165, 1.54) is 17.4 Å². The van der Waals surface area contributed by atoms with Crippen molar-refractivity contribution in [3.63, 3.8) is 0 Å². The molecule has 2 rings (SSSR count). The molecule has 0 aliphatic heterocycles. The summed E-state index contributed by atoms with van der Waals surface area (Å²) in [6.07, 6.45) is 0. The second-order valence-electron chi connectivity index (χ2n) is 3.69. The van der Waals surface area contributed by atoms with Gasteiger partial charge in [-0.05, 0) is 37.3 Å². The predicted molar refractivity (Wildman–Crippen MR) is 69.0 cm³/mol. The van der Waals surface area contributed by atoms with Gasteiger partial charge in [0.05, 0.1) is 0 Å². The van der Waals surface area contributed by atoms with E-state index in [0.717, 1.165) is 4.88 Å². The number of carbonyl (C=O) groups excluding carboxylic acids is 2. The number of aryl methyl sites for hydroxylation is 1. The van der Waals surface area contributed by atoms with E-state index in [0.29, 0.717) is 16.2 Å². The number of benzene rings is 1. The van der Waals surface area contributed by atoms with Crippen LogP contribution in [-0.2, 0) is 0 Å². The van der Waals surface area contributed by atoms with E-state index in [9.17, 15) is 9.59 Å². The molecule has 1 amide bonds. The van der Waals surface area contributed by atoms with Crippen LogP contribution >= 0.6 is 11.3 Å². The number of amides is 1. The smallest absolute Gasteiger partial charge is 0.353 e. The molecule has 0 saturated heterocycles. The summed E-state index contributed by atoms with van der Waals surface area (Å²) in [7, 11) is 0. The third-order valence-electron chi connectivity index (χ3n) is 2.27. The van der Waals surface area contributed by atoms with Gasteiger partial charge in [0.25, 0.3) is 0 Å². The molecule has 0 saturated carbocycles. The third kappa shape index (κ3) is 2.75. The zero-order valence-corrected chi connectivity index (χ0v) is 10.5. The normalized spacial score (nSPS) is 10.1. The average Bonchev–Trinajstić information content (AvgIpc) is 2.76. The standard InChI is InChI=1S/C13H11NO3S/c1-8-5-6-11(18-8)13(16)17-10-4-2-3-9(7-10)12(14)15/h2-7H,1H3,(H2,14,15). The molecule has 0 unspecified atom stereocenters. The molecule has 0 aliphatic carbocycles. The first kappa shape index (κ1) is 12.3. The molecule has 1 aromatic carbocycles. The van der Waals surface area contributed by atoms with E-state index >= 15 is 0 Å². The zero-order valence-electron chi connectivity index (χ0n) is 9.67. The van der Waals surface area contributed by atoms with Crippen molar-refractivity contribution in [3.05, 3.63) is 51.7 Å². The Morgan fingerprint density at radius 1 is 1.22 bits per heavy atom. The van der Waals surface area contributed by atoms with Gasteiger partial charge in [-0.15, -0.1) is 11.3 Å². The fraction of sp³-hybridized carbons (Fsp3) is 0.0769. The van der Waals surface area contributed by atoms with Gasteiger partial charge in [0.15, 0.2) is 0 Å². The number of hydrogen-bond acceptors (Lipinski definition) is 4. The number of hydrogen-bond donors (Lipinski definition) is 1. The molecule has 0 radical (unpaired) electrons. The van der Waals surface area contributed by atoms with Crippen molar-refractivity contribution in [1.82, 2.24) is 0 Å². The maximum Gasteiger partial charge on any atom is 0.353 e. The molecule has 0 atom stereocenters. The summed E-state index contributed by atoms with van der Waals surface area (Å²) in [5.74, 6) is -0.683. The first-order valence-corrected chi connectivity index (χ1v) is 6.06. The second-order valence-corrected chi connectivity index (χ2v) is 4.98. The summed E-state index contributed by atoms with van der Waals surface area (Å²) in [5.41, 5.74) is 5.46. The molecule has 2 aromatic rings. The van der Waals surface area contributed by atoms with E-state index in [-0.39, 0.29) is 0 Å². The van der Waals surface area contributed by atoms with Crippen molar-refractivity contribution < 1.29 is 14.3 Å². The molecule has 0 fully saturated rings. The summed E-state index contributed by atoms with van der Waals surface area (Å²) in [6, 6.07) is 9.78. The Labute approximate surface area is 108 Å². The fourth-order valence-electron chi connectivity index (χ4n) is 1.41. The SMILES string of the molecule is Cc1ccc(C(=O)Oc2cccc(C(N)=O)c2)s1. The third-order valence-corrected chi connectivity index (χ3v) is 3.25. The monoisotopic (exact) mass is 261 g/mol. The van der Waals surface area contributed by atoms with Crippen molar-refractivity contribution in [3.8, 4) is 5.75 Å². The maximum atomic E-state index is 11.8. The van der Waals surface area contributed by atoms with Gasteiger partial charge in [0.2, 0.25) is 5.91 Å². The van der Waals surface area contributed by atoms with Gasteiger partial charge in [-0.1, -0.05) is 6.07 Å². The van der Waals surface area contributed by atoms with Crippen LogP contribution in [0.2, 0.25) is 0 Å². The van der Waals surface area contributed by atoms with Crippen LogP contribution in [0.4, 0.5) is 0 Å². The highest BCUT2D eigenvalue weighted by Gasteiger charge is 2.11. The summed E-state index contributed by atoms with van der Waals surface area (Å²) in [5, 5.41) is 0. The molecular weight excluding hydrogens is 250 g/mol. The molecule has 0 bridgehead atoms. The van der Waals surface area contributed by atoms with E-state index in [1.54, 1.807) is 24.3 Å². The van der Waals surface area contributed by atoms with E-state index < -0.39 is 11.9 Å². The summed E-state index contributed by atoms with van der Waals surface area (Å²) >= 11 is 1.36. The highest BCUT2D eigenvalue weighted by Crippen LogP contribution is 2.19. The Bertz CT molecular complexity index is 604. The van der Waals surface area contributed by atoms with Crippen LogP contribution in [0, 0.1) is 6.92 Å². The van der Waals surface area contributed by atoms with E-state index in [4.69, 9.17) is 10.5 Å². The molecular formula is C13H11NO3S. The van der Waals surface area contributed by atoms with Crippen LogP contribution in [0.1, 0.15) is 24.9 Å².